The van der Waals surface area contributed by atoms with Crippen molar-refractivity contribution in [3.8, 4) is 5.75 Å². The van der Waals surface area contributed by atoms with Gasteiger partial charge in [-0.15, -0.1) is 10.2 Å². The van der Waals surface area contributed by atoms with Crippen LogP contribution in [0.3, 0.4) is 0 Å². The minimum atomic E-state index is -0.251. The van der Waals surface area contributed by atoms with Crippen molar-refractivity contribution in [1.29, 1.82) is 0 Å². The molecule has 0 spiro atoms. The number of hydrogen-bond donors (Lipinski definition) is 1. The smallest absolute Gasteiger partial charge is 0.210 e. The highest BCUT2D eigenvalue weighted by atomic mass is 32.2. The topological polar surface area (TPSA) is 66.0 Å². The van der Waals surface area contributed by atoms with Gasteiger partial charge in [-0.05, 0) is 54.7 Å². The second-order valence-electron chi connectivity index (χ2n) is 7.07. The van der Waals surface area contributed by atoms with Crippen molar-refractivity contribution in [2.45, 2.75) is 50.6 Å². The van der Waals surface area contributed by atoms with Crippen molar-refractivity contribution >= 4 is 11.8 Å². The number of nitrogen functional groups attached to an aromatic ring is 1. The van der Waals surface area contributed by atoms with Gasteiger partial charge in [0.1, 0.15) is 18.2 Å². The summed E-state index contributed by atoms with van der Waals surface area (Å²) >= 11 is 1.47. The van der Waals surface area contributed by atoms with Crippen molar-refractivity contribution in [2.24, 2.45) is 0 Å². The highest BCUT2D eigenvalue weighted by molar-refractivity contribution is 7.99. The number of nitrogens with zero attached hydrogens (tertiary/aromatic N) is 3. The van der Waals surface area contributed by atoms with Crippen LogP contribution in [0.2, 0.25) is 0 Å². The Morgan fingerprint density at radius 2 is 1.82 bits per heavy atom. The number of aromatic nitrogens is 3. The molecule has 7 heteroatoms. The maximum Gasteiger partial charge on any atom is 0.210 e. The van der Waals surface area contributed by atoms with Gasteiger partial charge in [0.05, 0.1) is 0 Å². The molecule has 1 unspecified atom stereocenters. The van der Waals surface area contributed by atoms with E-state index in [4.69, 9.17) is 10.6 Å². The first-order chi connectivity index (χ1) is 13.3. The summed E-state index contributed by atoms with van der Waals surface area (Å²) in [6.45, 7) is 8.56. The van der Waals surface area contributed by atoms with Crippen molar-refractivity contribution in [3.63, 3.8) is 0 Å². The van der Waals surface area contributed by atoms with E-state index in [-0.39, 0.29) is 17.7 Å². The number of hydrogen-bond acceptors (Lipinski definition) is 5. The highest BCUT2D eigenvalue weighted by Gasteiger charge is 2.16. The molecule has 148 valence electrons. The number of benzene rings is 2. The molecule has 0 aliphatic heterocycles. The quantitative estimate of drug-likeness (QED) is 0.447. The first-order valence-electron chi connectivity index (χ1n) is 9.20. The van der Waals surface area contributed by atoms with Crippen LogP contribution in [-0.2, 0) is 6.61 Å². The Bertz CT molecular complexity index is 940. The Morgan fingerprint density at radius 1 is 1.11 bits per heavy atom. The van der Waals surface area contributed by atoms with Crippen LogP contribution in [0.1, 0.15) is 54.5 Å². The van der Waals surface area contributed by atoms with Gasteiger partial charge in [0, 0.05) is 5.25 Å². The van der Waals surface area contributed by atoms with Gasteiger partial charge >= 0.3 is 0 Å². The molecule has 1 heterocycles. The number of rotatable bonds is 7. The van der Waals surface area contributed by atoms with E-state index in [9.17, 15) is 4.39 Å². The lowest BCUT2D eigenvalue weighted by Gasteiger charge is -2.15. The van der Waals surface area contributed by atoms with E-state index in [1.165, 1.54) is 28.6 Å². The van der Waals surface area contributed by atoms with Crippen molar-refractivity contribution in [2.75, 3.05) is 5.84 Å². The largest absolute Gasteiger partial charge is 0.485 e. The summed E-state index contributed by atoms with van der Waals surface area (Å²) in [5.74, 6) is 7.67. The van der Waals surface area contributed by atoms with Gasteiger partial charge < -0.3 is 10.6 Å². The number of halogens is 1. The fourth-order valence-corrected chi connectivity index (χ4v) is 3.75. The number of aryl methyl sites for hydroxylation is 1. The Hall–Kier alpha value is -2.54. The minimum absolute atomic E-state index is 0.0604. The zero-order valence-electron chi connectivity index (χ0n) is 16.5. The first kappa shape index (κ1) is 20.2. The second-order valence-corrected chi connectivity index (χ2v) is 8.37. The Labute approximate surface area is 169 Å². The molecule has 0 fully saturated rings. The highest BCUT2D eigenvalue weighted by Crippen LogP contribution is 2.33. The predicted octanol–water partition coefficient (Wildman–Crippen LogP) is 5.00. The molecule has 3 aromatic rings. The van der Waals surface area contributed by atoms with Crippen molar-refractivity contribution in [3.05, 3.63) is 70.8 Å². The SMILES string of the molecule is Cc1ccc(C(C)C)c(OCc2nnc(SC(C)c3ccc(F)cc3)n2N)c1. The van der Waals surface area contributed by atoms with Crippen LogP contribution in [0, 0.1) is 12.7 Å². The van der Waals surface area contributed by atoms with Crippen LogP contribution in [-0.4, -0.2) is 14.9 Å². The summed E-state index contributed by atoms with van der Waals surface area (Å²) in [5.41, 5.74) is 3.28. The monoisotopic (exact) mass is 400 g/mol. The molecule has 0 saturated carbocycles. The van der Waals surface area contributed by atoms with E-state index in [0.717, 1.165) is 22.4 Å². The molecule has 1 atom stereocenters. The summed E-state index contributed by atoms with van der Waals surface area (Å²) < 4.78 is 20.6. The maximum absolute atomic E-state index is 13.1. The maximum atomic E-state index is 13.1. The molecular formula is C21H25FN4OS. The molecule has 2 aromatic carbocycles. The number of ether oxygens (including phenoxy) is 1. The van der Waals surface area contributed by atoms with E-state index < -0.39 is 0 Å². The van der Waals surface area contributed by atoms with E-state index in [0.29, 0.717) is 16.9 Å². The average Bonchev–Trinajstić information content (AvgIpc) is 3.00. The fraction of sp³-hybridized carbons (Fsp3) is 0.333. The molecule has 1 aromatic heterocycles. The van der Waals surface area contributed by atoms with Crippen LogP contribution in [0.5, 0.6) is 5.75 Å². The number of nitrogens with two attached hydrogens (primary N) is 1. The molecule has 0 aliphatic rings. The molecule has 5 nitrogen and oxygen atoms in total. The zero-order chi connectivity index (χ0) is 20.3. The average molecular weight is 401 g/mol. The summed E-state index contributed by atoms with van der Waals surface area (Å²) in [4.78, 5) is 0. The molecule has 0 radical (unpaired) electrons. The van der Waals surface area contributed by atoms with Gasteiger partial charge in [-0.3, -0.25) is 0 Å². The lowest BCUT2D eigenvalue weighted by molar-refractivity contribution is 0.287. The third-order valence-corrected chi connectivity index (χ3v) is 5.62. The Kier molecular flexibility index (Phi) is 6.24. The van der Waals surface area contributed by atoms with Crippen LogP contribution in [0.25, 0.3) is 0 Å². The molecule has 0 saturated heterocycles. The number of thioether (sulfide) groups is 1. The van der Waals surface area contributed by atoms with E-state index >= 15 is 0 Å². The molecule has 3 rings (SSSR count). The predicted molar refractivity (Wildman–Crippen MR) is 110 cm³/mol. The standard InChI is InChI=1S/C21H25FN4OS/c1-13(2)18-10-5-14(3)11-19(18)27-12-20-24-25-21(26(20)23)28-15(4)16-6-8-17(22)9-7-16/h5-11,13,15H,12,23H2,1-4H3. The van der Waals surface area contributed by atoms with E-state index in [2.05, 4.69) is 36.2 Å². The van der Waals surface area contributed by atoms with Crippen LogP contribution in [0.15, 0.2) is 47.6 Å². The molecular weight excluding hydrogens is 375 g/mol. The first-order valence-corrected chi connectivity index (χ1v) is 10.1. The van der Waals surface area contributed by atoms with E-state index in [1.807, 2.05) is 19.9 Å². The fourth-order valence-electron chi connectivity index (χ4n) is 2.83. The van der Waals surface area contributed by atoms with Crippen LogP contribution < -0.4 is 10.6 Å². The molecule has 28 heavy (non-hydrogen) atoms. The van der Waals surface area contributed by atoms with Gasteiger partial charge in [-0.25, -0.2) is 9.07 Å². The van der Waals surface area contributed by atoms with Gasteiger partial charge in [-0.1, -0.05) is 49.9 Å². The van der Waals surface area contributed by atoms with Crippen molar-refractivity contribution in [1.82, 2.24) is 14.9 Å². The van der Waals surface area contributed by atoms with Crippen LogP contribution >= 0.6 is 11.8 Å². The normalized spacial score (nSPS) is 12.4. The molecule has 0 bridgehead atoms. The van der Waals surface area contributed by atoms with Gasteiger partial charge in [-0.2, -0.15) is 0 Å². The molecule has 0 amide bonds. The third kappa shape index (κ3) is 4.65. The van der Waals surface area contributed by atoms with Crippen LogP contribution in [0.4, 0.5) is 4.39 Å². The third-order valence-electron chi connectivity index (χ3n) is 4.50. The summed E-state index contributed by atoms with van der Waals surface area (Å²) in [5, 5.41) is 9.00. The minimum Gasteiger partial charge on any atom is -0.485 e. The Balaban J connectivity index is 1.70. The summed E-state index contributed by atoms with van der Waals surface area (Å²) in [6.07, 6.45) is 0. The lowest BCUT2D eigenvalue weighted by Crippen LogP contribution is -2.16. The van der Waals surface area contributed by atoms with Gasteiger partial charge in [0.15, 0.2) is 5.82 Å². The van der Waals surface area contributed by atoms with Gasteiger partial charge in [0.25, 0.3) is 0 Å². The zero-order valence-corrected chi connectivity index (χ0v) is 17.3. The summed E-state index contributed by atoms with van der Waals surface area (Å²) in [6, 6.07) is 12.6. The molecule has 2 N–H and O–H groups in total. The molecule has 0 aliphatic carbocycles. The van der Waals surface area contributed by atoms with Crippen molar-refractivity contribution < 1.29 is 9.13 Å². The van der Waals surface area contributed by atoms with E-state index in [1.54, 1.807) is 12.1 Å². The second kappa shape index (κ2) is 8.65. The summed E-state index contributed by atoms with van der Waals surface area (Å²) in [7, 11) is 0. The lowest BCUT2D eigenvalue weighted by atomic mass is 10.0. The Morgan fingerprint density at radius 3 is 2.50 bits per heavy atom. The van der Waals surface area contributed by atoms with Gasteiger partial charge in [0.2, 0.25) is 5.16 Å².